The molecule has 0 saturated heterocycles. The normalized spacial score (nSPS) is 18.4. The highest BCUT2D eigenvalue weighted by Crippen LogP contribution is 2.40. The first kappa shape index (κ1) is 26.6. The molecule has 5 rings (SSSR count). The summed E-state index contributed by atoms with van der Waals surface area (Å²) in [7, 11) is 3.66. The summed E-state index contributed by atoms with van der Waals surface area (Å²) < 4.78 is 12.9. The molecule has 39 heavy (non-hydrogen) atoms. The van der Waals surface area contributed by atoms with Crippen molar-refractivity contribution in [2.75, 3.05) is 20.6 Å². The van der Waals surface area contributed by atoms with Crippen LogP contribution in [-0.4, -0.2) is 63.3 Å². The van der Waals surface area contributed by atoms with E-state index in [1.807, 2.05) is 32.0 Å². The van der Waals surface area contributed by atoms with Crippen LogP contribution in [0.2, 0.25) is 0 Å². The van der Waals surface area contributed by atoms with Crippen LogP contribution < -0.4 is 10.3 Å². The molecular formula is C29H31N3O7. The number of aliphatic carboxylic acids is 1. The Balaban J connectivity index is 1.63. The smallest absolute Gasteiger partial charge is 0.343 e. The van der Waals surface area contributed by atoms with Crippen molar-refractivity contribution in [2.45, 2.75) is 51.5 Å². The minimum absolute atomic E-state index is 0.0418. The first-order valence-corrected chi connectivity index (χ1v) is 12.9. The summed E-state index contributed by atoms with van der Waals surface area (Å²) in [5.41, 5.74) is 2.06. The number of carbonyl (C=O) groups excluding carboxylic acids is 1. The fourth-order valence-electron chi connectivity index (χ4n) is 5.47. The molecule has 10 heteroatoms. The van der Waals surface area contributed by atoms with Crippen LogP contribution in [0.4, 0.5) is 0 Å². The van der Waals surface area contributed by atoms with Gasteiger partial charge in [0.05, 0.1) is 34.6 Å². The number of cyclic esters (lactones) is 1. The maximum absolute atomic E-state index is 13.5. The van der Waals surface area contributed by atoms with E-state index in [-0.39, 0.29) is 35.3 Å². The third-order valence-corrected chi connectivity index (χ3v) is 7.60. The van der Waals surface area contributed by atoms with E-state index in [9.17, 15) is 24.6 Å². The molecule has 0 saturated carbocycles. The molecule has 3 aromatic rings. The number of carbonyl (C=O) groups is 2. The minimum atomic E-state index is -1.88. The second-order valence-electron chi connectivity index (χ2n) is 10.3. The molecule has 2 aromatic heterocycles. The van der Waals surface area contributed by atoms with Crippen LogP contribution in [0.5, 0.6) is 5.75 Å². The molecule has 10 nitrogen and oxygen atoms in total. The number of aliphatic hydroxyl groups is 1. The van der Waals surface area contributed by atoms with E-state index in [1.54, 1.807) is 29.7 Å². The van der Waals surface area contributed by atoms with Crippen LogP contribution in [0.25, 0.3) is 22.3 Å². The first-order valence-electron chi connectivity index (χ1n) is 12.9. The van der Waals surface area contributed by atoms with Crippen LogP contribution in [0.15, 0.2) is 41.2 Å². The number of hydrogen-bond acceptors (Lipinski definition) is 8. The minimum Gasteiger partial charge on any atom is -0.484 e. The summed E-state index contributed by atoms with van der Waals surface area (Å²) in [6, 6.07) is 7.09. The number of hydrogen-bond donors (Lipinski definition) is 2. The highest BCUT2D eigenvalue weighted by Gasteiger charge is 2.45. The average molecular weight is 534 g/mol. The van der Waals surface area contributed by atoms with Crippen LogP contribution in [0.1, 0.15) is 42.5 Å². The summed E-state index contributed by atoms with van der Waals surface area (Å²) in [4.78, 5) is 44.3. The molecule has 2 atom stereocenters. The van der Waals surface area contributed by atoms with Gasteiger partial charge in [-0.25, -0.2) is 14.6 Å². The number of rotatable bonds is 8. The summed E-state index contributed by atoms with van der Waals surface area (Å²) >= 11 is 0. The van der Waals surface area contributed by atoms with Crippen molar-refractivity contribution in [3.63, 3.8) is 0 Å². The Morgan fingerprint density at radius 3 is 2.64 bits per heavy atom. The van der Waals surface area contributed by atoms with E-state index in [0.717, 1.165) is 16.5 Å². The number of aryl methyl sites for hydroxylation is 1. The zero-order chi connectivity index (χ0) is 28.2. The van der Waals surface area contributed by atoms with Gasteiger partial charge in [0.2, 0.25) is 0 Å². The molecule has 0 amide bonds. The van der Waals surface area contributed by atoms with Crippen molar-refractivity contribution in [3.8, 4) is 17.1 Å². The monoisotopic (exact) mass is 533 g/mol. The van der Waals surface area contributed by atoms with Crippen LogP contribution in [-0.2, 0) is 39.5 Å². The number of pyridine rings is 2. The molecule has 0 radical (unpaired) electrons. The van der Waals surface area contributed by atoms with Gasteiger partial charge in [0, 0.05) is 23.1 Å². The Labute approximate surface area is 225 Å². The maximum Gasteiger partial charge on any atom is 0.343 e. The van der Waals surface area contributed by atoms with Crippen molar-refractivity contribution in [2.24, 2.45) is 0 Å². The van der Waals surface area contributed by atoms with Crippen molar-refractivity contribution >= 4 is 22.8 Å². The number of carboxylic acids is 1. The second kappa shape index (κ2) is 9.62. The number of ether oxygens (including phenoxy) is 2. The fraction of sp³-hybridized carbons (Fsp3) is 0.379. The molecule has 1 unspecified atom stereocenters. The predicted octanol–water partition coefficient (Wildman–Crippen LogP) is 2.59. The number of esters is 1. The van der Waals surface area contributed by atoms with Gasteiger partial charge < -0.3 is 29.2 Å². The number of carboxylic acid groups (broad SMARTS) is 1. The molecule has 0 aliphatic carbocycles. The van der Waals surface area contributed by atoms with E-state index in [1.165, 1.54) is 0 Å². The Bertz CT molecular complexity index is 1610. The van der Waals surface area contributed by atoms with Crippen molar-refractivity contribution < 1.29 is 29.3 Å². The number of aromatic nitrogens is 2. The molecular weight excluding hydrogens is 502 g/mol. The van der Waals surface area contributed by atoms with Gasteiger partial charge in [-0.2, -0.15) is 0 Å². The first-order chi connectivity index (χ1) is 18.5. The highest BCUT2D eigenvalue weighted by atomic mass is 16.6. The zero-order valence-corrected chi connectivity index (χ0v) is 22.4. The van der Waals surface area contributed by atoms with E-state index in [2.05, 4.69) is 6.58 Å². The Morgan fingerprint density at radius 2 is 2.00 bits per heavy atom. The third-order valence-electron chi connectivity index (χ3n) is 7.60. The van der Waals surface area contributed by atoms with Gasteiger partial charge in [0.25, 0.3) is 5.56 Å². The summed E-state index contributed by atoms with van der Waals surface area (Å²) in [6.45, 7) is 7.83. The van der Waals surface area contributed by atoms with Gasteiger partial charge >= 0.3 is 11.9 Å². The summed E-state index contributed by atoms with van der Waals surface area (Å²) in [6.07, 6.45) is -0.0263. The molecule has 2 aliphatic rings. The van der Waals surface area contributed by atoms with Gasteiger partial charge in [-0.1, -0.05) is 20.4 Å². The standard InChI is InChI=1S/C29H31N3O7/c1-6-17-18-10-16(39-24(13-31(4)5)15(3)27(34)35)8-9-22(18)30-25-19(17)12-32-23(25)11-21-20(26(32)33)14-38-28(36)29(21,37)7-2/h8-11,24,37H,3,6-7,12-14H2,1-2,4-5H3,(H,34,35)/t24?,29-/m0/s1. The van der Waals surface area contributed by atoms with E-state index in [4.69, 9.17) is 14.5 Å². The quantitative estimate of drug-likeness (QED) is 0.259. The van der Waals surface area contributed by atoms with Gasteiger partial charge in [-0.3, -0.25) is 4.79 Å². The van der Waals surface area contributed by atoms with Crippen molar-refractivity contribution in [3.05, 3.63) is 69.0 Å². The molecule has 0 bridgehead atoms. The fourth-order valence-corrected chi connectivity index (χ4v) is 5.47. The molecule has 0 fully saturated rings. The number of benzene rings is 1. The third kappa shape index (κ3) is 4.20. The van der Waals surface area contributed by atoms with Crippen LogP contribution in [0.3, 0.4) is 0 Å². The second-order valence-corrected chi connectivity index (χ2v) is 10.3. The van der Waals surface area contributed by atoms with Crippen LogP contribution in [0, 0.1) is 0 Å². The van der Waals surface area contributed by atoms with Crippen LogP contribution >= 0.6 is 0 Å². The molecule has 4 heterocycles. The SMILES string of the molecule is C=C(C(=O)O)C(CN(C)C)Oc1ccc2nc3c(c(CC)c2c1)Cn1c-3cc2c(c1=O)COC(=O)[C@]2(O)CC. The van der Waals surface area contributed by atoms with Crippen molar-refractivity contribution in [1.82, 2.24) is 14.5 Å². The number of nitrogens with zero attached hydrogens (tertiary/aromatic N) is 3. The molecule has 204 valence electrons. The Kier molecular flexibility index (Phi) is 6.56. The van der Waals surface area contributed by atoms with E-state index >= 15 is 0 Å². The summed E-state index contributed by atoms with van der Waals surface area (Å²) in [5, 5.41) is 21.4. The Hall–Kier alpha value is -4.02. The lowest BCUT2D eigenvalue weighted by molar-refractivity contribution is -0.172. The van der Waals surface area contributed by atoms with E-state index < -0.39 is 23.6 Å². The zero-order valence-electron chi connectivity index (χ0n) is 22.4. The topological polar surface area (TPSA) is 131 Å². The average Bonchev–Trinajstić information content (AvgIpc) is 3.27. The van der Waals surface area contributed by atoms with E-state index in [0.29, 0.717) is 42.2 Å². The van der Waals surface area contributed by atoms with Gasteiger partial charge in [0.1, 0.15) is 18.5 Å². The highest BCUT2D eigenvalue weighted by molar-refractivity contribution is 5.90. The lowest BCUT2D eigenvalue weighted by Crippen LogP contribution is -2.44. The maximum atomic E-state index is 13.5. The van der Waals surface area contributed by atoms with Gasteiger partial charge in [0.15, 0.2) is 5.60 Å². The number of likely N-dealkylation sites (N-methyl/N-ethyl adjacent to an activating group) is 1. The largest absolute Gasteiger partial charge is 0.484 e. The molecule has 2 aliphatic heterocycles. The molecule has 2 N–H and O–H groups in total. The Morgan fingerprint density at radius 1 is 1.26 bits per heavy atom. The lowest BCUT2D eigenvalue weighted by atomic mass is 9.86. The molecule has 0 spiro atoms. The lowest BCUT2D eigenvalue weighted by Gasteiger charge is -2.31. The van der Waals surface area contributed by atoms with Crippen molar-refractivity contribution in [1.29, 1.82) is 0 Å². The van der Waals surface area contributed by atoms with Gasteiger partial charge in [-0.05, 0) is 56.8 Å². The number of fused-ring (bicyclic) bond motifs is 5. The summed E-state index contributed by atoms with van der Waals surface area (Å²) in [5.74, 6) is -1.39. The predicted molar refractivity (Wildman–Crippen MR) is 144 cm³/mol. The van der Waals surface area contributed by atoms with Gasteiger partial charge in [-0.15, -0.1) is 0 Å². The molecule has 1 aromatic carbocycles.